The van der Waals surface area contributed by atoms with Gasteiger partial charge in [0.2, 0.25) is 5.91 Å². The zero-order chi connectivity index (χ0) is 14.2. The van der Waals surface area contributed by atoms with E-state index in [0.717, 1.165) is 18.4 Å². The Labute approximate surface area is 120 Å². The van der Waals surface area contributed by atoms with Crippen LogP contribution in [0.4, 0.5) is 0 Å². The second-order valence-corrected chi connectivity index (χ2v) is 5.47. The molecule has 0 atom stereocenters. The number of rotatable bonds is 7. The lowest BCUT2D eigenvalue weighted by Gasteiger charge is -2.22. The number of carbonyl (C=O) groups excluding carboxylic acids is 1. The van der Waals surface area contributed by atoms with Crippen molar-refractivity contribution in [2.24, 2.45) is 0 Å². The van der Waals surface area contributed by atoms with Gasteiger partial charge in [-0.3, -0.25) is 9.69 Å². The number of amides is 1. The lowest BCUT2D eigenvalue weighted by atomic mass is 10.2. The highest BCUT2D eigenvalue weighted by Crippen LogP contribution is 2.17. The maximum absolute atomic E-state index is 12.0. The highest BCUT2D eigenvalue weighted by Gasteiger charge is 2.18. The van der Waals surface area contributed by atoms with Gasteiger partial charge in [0.15, 0.2) is 0 Å². The molecule has 0 spiro atoms. The molecule has 1 fully saturated rings. The lowest BCUT2D eigenvalue weighted by molar-refractivity contribution is -0.123. The van der Waals surface area contributed by atoms with Gasteiger partial charge in [0.1, 0.15) is 0 Å². The van der Waals surface area contributed by atoms with E-state index < -0.39 is 0 Å². The fourth-order valence-electron chi connectivity index (χ4n) is 2.74. The minimum absolute atomic E-state index is 0.0706. The largest absolute Gasteiger partial charge is 0.395 e. The second-order valence-electron chi connectivity index (χ2n) is 5.47. The third-order valence-corrected chi connectivity index (χ3v) is 3.75. The van der Waals surface area contributed by atoms with Crippen molar-refractivity contribution in [2.45, 2.75) is 38.3 Å². The van der Waals surface area contributed by atoms with Crippen LogP contribution in [0.2, 0.25) is 0 Å². The maximum Gasteiger partial charge on any atom is 0.234 e. The molecule has 0 unspecified atom stereocenters. The van der Waals surface area contributed by atoms with Crippen molar-refractivity contribution < 1.29 is 9.90 Å². The third kappa shape index (κ3) is 4.94. The number of nitrogens with zero attached hydrogens (tertiary/aromatic N) is 1. The van der Waals surface area contributed by atoms with E-state index in [1.807, 2.05) is 35.2 Å². The van der Waals surface area contributed by atoms with Crippen LogP contribution in [0, 0.1) is 0 Å². The molecular weight excluding hydrogens is 252 g/mol. The number of hydrogen-bond donors (Lipinski definition) is 2. The molecule has 0 heterocycles. The lowest BCUT2D eigenvalue weighted by Crippen LogP contribution is -2.41. The summed E-state index contributed by atoms with van der Waals surface area (Å²) in [6.07, 6.45) is 4.64. The first-order valence-electron chi connectivity index (χ1n) is 7.44. The molecule has 0 bridgehead atoms. The van der Waals surface area contributed by atoms with E-state index >= 15 is 0 Å². The standard InChI is InChI=1S/C16H24N2O2/c19-11-10-18(12-14-6-2-1-3-7-14)13-16(20)17-15-8-4-5-9-15/h1-3,6-7,15,19H,4-5,8-13H2,(H,17,20). The van der Waals surface area contributed by atoms with Gasteiger partial charge in [-0.25, -0.2) is 0 Å². The van der Waals surface area contributed by atoms with E-state index in [4.69, 9.17) is 5.11 Å². The molecule has 4 heteroatoms. The maximum atomic E-state index is 12.0. The SMILES string of the molecule is O=C(CN(CCO)Cc1ccccc1)NC1CCCC1. The molecule has 2 N–H and O–H groups in total. The Kier molecular flexibility index (Phi) is 6.02. The van der Waals surface area contributed by atoms with Crippen LogP contribution < -0.4 is 5.32 Å². The number of carbonyl (C=O) groups is 1. The Morgan fingerprint density at radius 3 is 2.60 bits per heavy atom. The van der Waals surface area contributed by atoms with Crippen molar-refractivity contribution in [1.82, 2.24) is 10.2 Å². The van der Waals surface area contributed by atoms with Crippen molar-refractivity contribution in [3.05, 3.63) is 35.9 Å². The van der Waals surface area contributed by atoms with Gasteiger partial charge in [0.05, 0.1) is 13.2 Å². The Balaban J connectivity index is 1.83. The Morgan fingerprint density at radius 2 is 1.95 bits per heavy atom. The van der Waals surface area contributed by atoms with E-state index in [0.29, 0.717) is 25.7 Å². The van der Waals surface area contributed by atoms with Gasteiger partial charge in [-0.15, -0.1) is 0 Å². The summed E-state index contributed by atoms with van der Waals surface area (Å²) in [6, 6.07) is 10.4. The quantitative estimate of drug-likeness (QED) is 0.794. The topological polar surface area (TPSA) is 52.6 Å². The predicted molar refractivity (Wildman–Crippen MR) is 79.2 cm³/mol. The minimum Gasteiger partial charge on any atom is -0.395 e. The average Bonchev–Trinajstić information content (AvgIpc) is 2.93. The monoisotopic (exact) mass is 276 g/mol. The molecule has 1 aliphatic carbocycles. The molecule has 20 heavy (non-hydrogen) atoms. The van der Waals surface area contributed by atoms with E-state index in [1.54, 1.807) is 0 Å². The molecule has 0 saturated heterocycles. The van der Waals surface area contributed by atoms with Crippen molar-refractivity contribution in [1.29, 1.82) is 0 Å². The molecule has 1 aromatic carbocycles. The smallest absolute Gasteiger partial charge is 0.234 e. The minimum atomic E-state index is 0.0706. The molecular formula is C16H24N2O2. The van der Waals surface area contributed by atoms with Crippen LogP contribution in [0.1, 0.15) is 31.2 Å². The summed E-state index contributed by atoms with van der Waals surface area (Å²) < 4.78 is 0. The summed E-state index contributed by atoms with van der Waals surface area (Å²) in [5.74, 6) is 0.0706. The van der Waals surface area contributed by atoms with E-state index in [9.17, 15) is 4.79 Å². The summed E-state index contributed by atoms with van der Waals surface area (Å²) in [5.41, 5.74) is 1.16. The molecule has 2 rings (SSSR count). The normalized spacial score (nSPS) is 15.7. The molecule has 0 aliphatic heterocycles. The van der Waals surface area contributed by atoms with Gasteiger partial charge in [-0.1, -0.05) is 43.2 Å². The Bertz CT molecular complexity index is 402. The zero-order valence-electron chi connectivity index (χ0n) is 11.9. The molecule has 0 aromatic heterocycles. The summed E-state index contributed by atoms with van der Waals surface area (Å²) >= 11 is 0. The Morgan fingerprint density at radius 1 is 1.25 bits per heavy atom. The first kappa shape index (κ1) is 15.0. The average molecular weight is 276 g/mol. The summed E-state index contributed by atoms with van der Waals surface area (Å²) in [5, 5.41) is 12.2. The van der Waals surface area contributed by atoms with Crippen molar-refractivity contribution in [3.8, 4) is 0 Å². The van der Waals surface area contributed by atoms with Crippen molar-refractivity contribution in [2.75, 3.05) is 19.7 Å². The second kappa shape index (κ2) is 8.02. The molecule has 0 radical (unpaired) electrons. The predicted octanol–water partition coefficient (Wildman–Crippen LogP) is 1.54. The molecule has 110 valence electrons. The fourth-order valence-corrected chi connectivity index (χ4v) is 2.74. The van der Waals surface area contributed by atoms with Crippen molar-refractivity contribution >= 4 is 5.91 Å². The van der Waals surface area contributed by atoms with E-state index in [-0.39, 0.29) is 12.5 Å². The number of aliphatic hydroxyl groups excluding tert-OH is 1. The highest BCUT2D eigenvalue weighted by atomic mass is 16.3. The van der Waals surface area contributed by atoms with Gasteiger partial charge in [0.25, 0.3) is 0 Å². The highest BCUT2D eigenvalue weighted by molar-refractivity contribution is 5.78. The number of nitrogens with one attached hydrogen (secondary N) is 1. The van der Waals surface area contributed by atoms with Crippen LogP contribution in [0.15, 0.2) is 30.3 Å². The molecule has 1 aromatic rings. The van der Waals surface area contributed by atoms with E-state index in [1.165, 1.54) is 12.8 Å². The van der Waals surface area contributed by atoms with Gasteiger partial charge in [-0.2, -0.15) is 0 Å². The zero-order valence-corrected chi connectivity index (χ0v) is 11.9. The van der Waals surface area contributed by atoms with E-state index in [2.05, 4.69) is 5.32 Å². The third-order valence-electron chi connectivity index (χ3n) is 3.75. The van der Waals surface area contributed by atoms with Crippen LogP contribution in [-0.2, 0) is 11.3 Å². The van der Waals surface area contributed by atoms with Gasteiger partial charge in [0, 0.05) is 19.1 Å². The summed E-state index contributed by atoms with van der Waals surface area (Å²) in [4.78, 5) is 14.0. The number of benzene rings is 1. The fraction of sp³-hybridized carbons (Fsp3) is 0.562. The molecule has 1 aliphatic rings. The van der Waals surface area contributed by atoms with Crippen LogP contribution in [0.25, 0.3) is 0 Å². The van der Waals surface area contributed by atoms with Gasteiger partial charge >= 0.3 is 0 Å². The number of aliphatic hydroxyl groups is 1. The van der Waals surface area contributed by atoms with Gasteiger partial charge < -0.3 is 10.4 Å². The van der Waals surface area contributed by atoms with Gasteiger partial charge in [-0.05, 0) is 18.4 Å². The van der Waals surface area contributed by atoms with Crippen LogP contribution in [0.3, 0.4) is 0 Å². The molecule has 1 saturated carbocycles. The van der Waals surface area contributed by atoms with Crippen LogP contribution >= 0.6 is 0 Å². The molecule has 4 nitrogen and oxygen atoms in total. The Hall–Kier alpha value is -1.39. The molecule has 1 amide bonds. The number of hydrogen-bond acceptors (Lipinski definition) is 3. The van der Waals surface area contributed by atoms with Crippen LogP contribution in [0.5, 0.6) is 0 Å². The summed E-state index contributed by atoms with van der Waals surface area (Å²) in [7, 11) is 0. The first-order valence-corrected chi connectivity index (χ1v) is 7.44. The first-order chi connectivity index (χ1) is 9.78. The van der Waals surface area contributed by atoms with Crippen molar-refractivity contribution in [3.63, 3.8) is 0 Å². The van der Waals surface area contributed by atoms with Crippen LogP contribution in [-0.4, -0.2) is 41.7 Å². The summed E-state index contributed by atoms with van der Waals surface area (Å²) in [6.45, 7) is 1.64.